The van der Waals surface area contributed by atoms with E-state index in [1.165, 1.54) is 18.2 Å². The minimum atomic E-state index is -0.953. The maximum atomic E-state index is 15.0. The van der Waals surface area contributed by atoms with Crippen LogP contribution >= 0.6 is 0 Å². The second kappa shape index (κ2) is 10.3. The summed E-state index contributed by atoms with van der Waals surface area (Å²) in [5, 5.41) is 16.8. The van der Waals surface area contributed by atoms with Crippen molar-refractivity contribution in [2.45, 2.75) is 53.1 Å². The molecule has 4 rings (SSSR count). The lowest BCUT2D eigenvalue weighted by molar-refractivity contribution is -0.136. The van der Waals surface area contributed by atoms with Crippen LogP contribution in [0.2, 0.25) is 0 Å². The number of halogens is 2. The molecule has 0 saturated carbocycles. The monoisotopic (exact) mass is 494 g/mol. The summed E-state index contributed by atoms with van der Waals surface area (Å²) in [6.07, 6.45) is 1.64. The Hall–Kier alpha value is -4.01. The zero-order valence-electron chi connectivity index (χ0n) is 20.4. The number of amides is 1. The summed E-state index contributed by atoms with van der Waals surface area (Å²) in [6.45, 7) is 6.27. The fourth-order valence-corrected chi connectivity index (χ4v) is 4.39. The van der Waals surface area contributed by atoms with E-state index >= 15 is 0 Å². The summed E-state index contributed by atoms with van der Waals surface area (Å²) < 4.78 is 32.1. The zero-order valence-corrected chi connectivity index (χ0v) is 20.4. The first kappa shape index (κ1) is 25.1. The van der Waals surface area contributed by atoms with Gasteiger partial charge in [-0.3, -0.25) is 14.3 Å². The predicted molar refractivity (Wildman–Crippen MR) is 133 cm³/mol. The van der Waals surface area contributed by atoms with Crippen molar-refractivity contribution in [3.8, 4) is 0 Å². The van der Waals surface area contributed by atoms with Gasteiger partial charge in [0.2, 0.25) is 0 Å². The lowest BCUT2D eigenvalue weighted by Gasteiger charge is -2.12. The number of carboxylic acid groups (broad SMARTS) is 1. The first-order chi connectivity index (χ1) is 17.2. The number of unbranched alkanes of at least 4 members (excludes halogenated alkanes) is 1. The van der Waals surface area contributed by atoms with Crippen LogP contribution < -0.4 is 5.32 Å². The Morgan fingerprint density at radius 2 is 1.86 bits per heavy atom. The molecule has 0 aliphatic carbocycles. The van der Waals surface area contributed by atoms with Gasteiger partial charge in [-0.1, -0.05) is 19.4 Å². The van der Waals surface area contributed by atoms with Gasteiger partial charge in [0.05, 0.1) is 18.7 Å². The normalized spacial score (nSPS) is 11.2. The Bertz CT molecular complexity index is 1460. The number of rotatable bonds is 9. The van der Waals surface area contributed by atoms with Crippen molar-refractivity contribution in [1.29, 1.82) is 0 Å². The van der Waals surface area contributed by atoms with Gasteiger partial charge >= 0.3 is 5.97 Å². The van der Waals surface area contributed by atoms with E-state index in [2.05, 4.69) is 17.3 Å². The average molecular weight is 495 g/mol. The van der Waals surface area contributed by atoms with Crippen LogP contribution in [0.3, 0.4) is 0 Å². The van der Waals surface area contributed by atoms with Crippen LogP contribution in [0.1, 0.15) is 52.8 Å². The van der Waals surface area contributed by atoms with Gasteiger partial charge in [-0.05, 0) is 56.7 Å². The van der Waals surface area contributed by atoms with E-state index in [9.17, 15) is 18.4 Å². The number of aryl methyl sites for hydroxylation is 2. The number of aliphatic carboxylic acids is 1. The summed E-state index contributed by atoms with van der Waals surface area (Å²) in [7, 11) is 0. The van der Waals surface area contributed by atoms with Crippen LogP contribution in [0, 0.1) is 25.5 Å². The SMILES string of the molecule is CCCCn1c(C(=O)Nc2ccc(Cn3nc(C)c(CC(=O)O)c3C)c(F)c2)cc2cc(F)ccc21. The Labute approximate surface area is 207 Å². The van der Waals surface area contributed by atoms with Gasteiger partial charge in [0.15, 0.2) is 0 Å². The molecule has 9 heteroatoms. The number of carboxylic acids is 1. The summed E-state index contributed by atoms with van der Waals surface area (Å²) in [5.41, 5.74) is 3.67. The molecule has 188 valence electrons. The van der Waals surface area contributed by atoms with E-state index in [1.54, 1.807) is 42.8 Å². The molecule has 0 bridgehead atoms. The molecule has 0 fully saturated rings. The van der Waals surface area contributed by atoms with E-state index in [0.29, 0.717) is 45.8 Å². The third-order valence-electron chi connectivity index (χ3n) is 6.32. The van der Waals surface area contributed by atoms with Gasteiger partial charge in [-0.15, -0.1) is 0 Å². The minimum absolute atomic E-state index is 0.128. The molecule has 0 spiro atoms. The summed E-state index contributed by atoms with van der Waals surface area (Å²) in [6, 6.07) is 10.5. The number of carbonyl (C=O) groups is 2. The molecule has 0 aliphatic rings. The minimum Gasteiger partial charge on any atom is -0.481 e. The topological polar surface area (TPSA) is 89.2 Å². The second-order valence-corrected chi connectivity index (χ2v) is 8.88. The van der Waals surface area contributed by atoms with Crippen LogP contribution in [0.5, 0.6) is 0 Å². The van der Waals surface area contributed by atoms with Crippen molar-refractivity contribution < 1.29 is 23.5 Å². The van der Waals surface area contributed by atoms with Crippen molar-refractivity contribution in [2.75, 3.05) is 5.32 Å². The van der Waals surface area contributed by atoms with E-state index in [0.717, 1.165) is 18.4 Å². The lowest BCUT2D eigenvalue weighted by Crippen LogP contribution is -2.17. The van der Waals surface area contributed by atoms with E-state index in [4.69, 9.17) is 5.11 Å². The number of aromatic nitrogens is 3. The molecule has 0 radical (unpaired) electrons. The van der Waals surface area contributed by atoms with E-state index in [-0.39, 0.29) is 18.8 Å². The fourth-order valence-electron chi connectivity index (χ4n) is 4.39. The molecule has 2 heterocycles. The first-order valence-electron chi connectivity index (χ1n) is 11.8. The third-order valence-corrected chi connectivity index (χ3v) is 6.32. The molecular weight excluding hydrogens is 466 g/mol. The van der Waals surface area contributed by atoms with Crippen molar-refractivity contribution >= 4 is 28.5 Å². The molecule has 4 aromatic rings. The molecule has 0 aliphatic heterocycles. The number of anilines is 1. The molecule has 2 aromatic heterocycles. The molecule has 0 atom stereocenters. The van der Waals surface area contributed by atoms with Gasteiger partial charge in [-0.2, -0.15) is 5.10 Å². The van der Waals surface area contributed by atoms with Crippen molar-refractivity contribution in [3.63, 3.8) is 0 Å². The standard InChI is InChI=1S/C27H28F2N4O3/c1-4-5-10-32-24-9-7-20(28)11-19(24)12-25(32)27(36)30-21-8-6-18(23(29)13-21)15-33-17(3)22(14-26(34)35)16(2)31-33/h6-9,11-13H,4-5,10,14-15H2,1-3H3,(H,30,36)(H,34,35). The van der Waals surface area contributed by atoms with Gasteiger partial charge < -0.3 is 15.0 Å². The molecular formula is C27H28F2N4O3. The molecule has 7 nitrogen and oxygen atoms in total. The van der Waals surface area contributed by atoms with Gasteiger partial charge in [0.25, 0.3) is 5.91 Å². The Kier molecular flexibility index (Phi) is 7.19. The molecule has 0 saturated heterocycles. The number of carbonyl (C=O) groups excluding carboxylic acids is 1. The maximum Gasteiger partial charge on any atom is 0.307 e. The summed E-state index contributed by atoms with van der Waals surface area (Å²) in [5.74, 6) is -2.26. The number of nitrogens with one attached hydrogen (secondary N) is 1. The average Bonchev–Trinajstić information content (AvgIpc) is 3.30. The van der Waals surface area contributed by atoms with Crippen molar-refractivity contribution in [2.24, 2.45) is 0 Å². The van der Waals surface area contributed by atoms with Crippen molar-refractivity contribution in [1.82, 2.24) is 14.3 Å². The number of benzene rings is 2. The number of hydrogen-bond donors (Lipinski definition) is 2. The third kappa shape index (κ3) is 5.15. The smallest absolute Gasteiger partial charge is 0.307 e. The number of hydrogen-bond acceptors (Lipinski definition) is 3. The summed E-state index contributed by atoms with van der Waals surface area (Å²) in [4.78, 5) is 24.2. The van der Waals surface area contributed by atoms with Gasteiger partial charge in [0, 0.05) is 40.0 Å². The highest BCUT2D eigenvalue weighted by Gasteiger charge is 2.18. The molecule has 0 unspecified atom stereocenters. The Morgan fingerprint density at radius 3 is 2.56 bits per heavy atom. The fraction of sp³-hybridized carbons (Fsp3) is 0.296. The van der Waals surface area contributed by atoms with Crippen LogP contribution in [-0.4, -0.2) is 31.3 Å². The van der Waals surface area contributed by atoms with Gasteiger partial charge in [0.1, 0.15) is 17.3 Å². The maximum absolute atomic E-state index is 15.0. The highest BCUT2D eigenvalue weighted by molar-refractivity contribution is 6.06. The number of fused-ring (bicyclic) bond motifs is 1. The van der Waals surface area contributed by atoms with E-state index in [1.807, 2.05) is 4.57 Å². The highest BCUT2D eigenvalue weighted by Crippen LogP contribution is 2.24. The molecule has 2 aromatic carbocycles. The lowest BCUT2D eigenvalue weighted by atomic mass is 10.1. The first-order valence-corrected chi connectivity index (χ1v) is 11.8. The predicted octanol–water partition coefficient (Wildman–Crippen LogP) is 5.46. The second-order valence-electron chi connectivity index (χ2n) is 8.88. The summed E-state index contributed by atoms with van der Waals surface area (Å²) >= 11 is 0. The van der Waals surface area contributed by atoms with Crippen LogP contribution in [0.15, 0.2) is 42.5 Å². The molecule has 2 N–H and O–H groups in total. The highest BCUT2D eigenvalue weighted by atomic mass is 19.1. The largest absolute Gasteiger partial charge is 0.481 e. The molecule has 36 heavy (non-hydrogen) atoms. The van der Waals surface area contributed by atoms with Crippen molar-refractivity contribution in [3.05, 3.63) is 82.3 Å². The van der Waals surface area contributed by atoms with Crippen LogP contribution in [0.25, 0.3) is 10.9 Å². The Morgan fingerprint density at radius 1 is 1.08 bits per heavy atom. The van der Waals surface area contributed by atoms with Crippen LogP contribution in [0.4, 0.5) is 14.5 Å². The number of nitrogens with zero attached hydrogens (tertiary/aromatic N) is 3. The molecule has 1 amide bonds. The van der Waals surface area contributed by atoms with Crippen LogP contribution in [-0.2, 0) is 24.3 Å². The zero-order chi connectivity index (χ0) is 26.0. The van der Waals surface area contributed by atoms with E-state index < -0.39 is 17.7 Å². The Balaban J connectivity index is 1.56. The van der Waals surface area contributed by atoms with Gasteiger partial charge in [-0.25, -0.2) is 8.78 Å². The quantitative estimate of drug-likeness (QED) is 0.323.